The molecular weight excluding hydrogens is 324 g/mol. The van der Waals surface area contributed by atoms with Gasteiger partial charge in [0.25, 0.3) is 8.32 Å². The van der Waals surface area contributed by atoms with Crippen molar-refractivity contribution in [3.05, 3.63) is 60.7 Å². The molecule has 0 spiro atoms. The molecule has 0 saturated heterocycles. The Morgan fingerprint density at radius 1 is 0.960 bits per heavy atom. The number of hydrogen-bond donors (Lipinski definition) is 0. The van der Waals surface area contributed by atoms with Crippen molar-refractivity contribution >= 4 is 24.5 Å². The van der Waals surface area contributed by atoms with E-state index in [1.54, 1.807) is 6.92 Å². The highest BCUT2D eigenvalue weighted by Crippen LogP contribution is 2.37. The SMILES string of the molecule is CC(=O)C[C@@H](C)CO[Si](c1ccccc1)(c1ccccc1)C(C)(C)C. The highest BCUT2D eigenvalue weighted by molar-refractivity contribution is 6.99. The Bertz CT molecular complexity index is 635. The van der Waals surface area contributed by atoms with Crippen LogP contribution < -0.4 is 10.4 Å². The maximum Gasteiger partial charge on any atom is 0.261 e. The summed E-state index contributed by atoms with van der Waals surface area (Å²) in [5, 5.41) is 2.54. The summed E-state index contributed by atoms with van der Waals surface area (Å²) in [6, 6.07) is 21.2. The molecule has 1 atom stereocenters. The summed E-state index contributed by atoms with van der Waals surface area (Å²) in [7, 11) is -2.47. The summed E-state index contributed by atoms with van der Waals surface area (Å²) < 4.78 is 6.82. The monoisotopic (exact) mass is 354 g/mol. The summed E-state index contributed by atoms with van der Waals surface area (Å²) >= 11 is 0. The number of hydrogen-bond acceptors (Lipinski definition) is 2. The van der Waals surface area contributed by atoms with Crippen LogP contribution in [-0.2, 0) is 9.22 Å². The Morgan fingerprint density at radius 2 is 1.40 bits per heavy atom. The van der Waals surface area contributed by atoms with E-state index in [1.165, 1.54) is 10.4 Å². The molecule has 2 aromatic rings. The quantitative estimate of drug-likeness (QED) is 0.697. The average molecular weight is 355 g/mol. The number of ketones is 1. The van der Waals surface area contributed by atoms with E-state index in [4.69, 9.17) is 4.43 Å². The van der Waals surface area contributed by atoms with Gasteiger partial charge in [-0.2, -0.15) is 0 Å². The van der Waals surface area contributed by atoms with E-state index in [1.807, 2.05) is 0 Å². The minimum absolute atomic E-state index is 0.0222. The fourth-order valence-electron chi connectivity index (χ4n) is 3.58. The Labute approximate surface area is 153 Å². The molecule has 0 aromatic heterocycles. The van der Waals surface area contributed by atoms with E-state index >= 15 is 0 Å². The van der Waals surface area contributed by atoms with Gasteiger partial charge in [0.1, 0.15) is 5.78 Å². The van der Waals surface area contributed by atoms with Crippen molar-refractivity contribution in [1.29, 1.82) is 0 Å². The molecule has 0 fully saturated rings. The normalized spacial score (nSPS) is 13.5. The average Bonchev–Trinajstić information content (AvgIpc) is 2.55. The minimum Gasteiger partial charge on any atom is -0.407 e. The van der Waals surface area contributed by atoms with Gasteiger partial charge < -0.3 is 9.22 Å². The van der Waals surface area contributed by atoms with Gasteiger partial charge in [-0.1, -0.05) is 88.4 Å². The lowest BCUT2D eigenvalue weighted by atomic mass is 10.1. The first-order chi connectivity index (χ1) is 11.8. The van der Waals surface area contributed by atoms with Crippen molar-refractivity contribution in [1.82, 2.24) is 0 Å². The Balaban J connectivity index is 2.51. The Hall–Kier alpha value is -1.71. The maximum absolute atomic E-state index is 11.5. The van der Waals surface area contributed by atoms with Crippen LogP contribution in [0.4, 0.5) is 0 Å². The van der Waals surface area contributed by atoms with Crippen LogP contribution in [0.1, 0.15) is 41.0 Å². The second-order valence-electron chi connectivity index (χ2n) is 7.99. The van der Waals surface area contributed by atoms with Gasteiger partial charge in [0.2, 0.25) is 0 Å². The maximum atomic E-state index is 11.5. The van der Waals surface area contributed by atoms with Crippen molar-refractivity contribution in [3.8, 4) is 0 Å². The standard InChI is InChI=1S/C22H30O2Si/c1-18(16-19(2)23)17-24-25(22(3,4)5,20-12-8-6-9-13-20)21-14-10-7-11-15-21/h6-15,18H,16-17H2,1-5H3/t18-/m1/s1. The summed E-state index contributed by atoms with van der Waals surface area (Å²) in [6.45, 7) is 11.2. The molecule has 0 aliphatic carbocycles. The van der Waals surface area contributed by atoms with Gasteiger partial charge in [0, 0.05) is 13.0 Å². The van der Waals surface area contributed by atoms with Gasteiger partial charge >= 0.3 is 0 Å². The van der Waals surface area contributed by atoms with E-state index in [0.717, 1.165) is 0 Å². The predicted octanol–water partition coefficient (Wildman–Crippen LogP) is 4.18. The zero-order chi connectivity index (χ0) is 18.5. The van der Waals surface area contributed by atoms with E-state index in [0.29, 0.717) is 13.0 Å². The van der Waals surface area contributed by atoms with Crippen LogP contribution in [0.25, 0.3) is 0 Å². The molecule has 2 rings (SSSR count). The minimum atomic E-state index is -2.47. The molecule has 3 heteroatoms. The summed E-state index contributed by atoms with van der Waals surface area (Å²) in [6.07, 6.45) is 0.568. The van der Waals surface area contributed by atoms with Crippen molar-refractivity contribution in [2.75, 3.05) is 6.61 Å². The molecule has 2 nitrogen and oxygen atoms in total. The fraction of sp³-hybridized carbons (Fsp3) is 0.409. The van der Waals surface area contributed by atoms with Crippen LogP contribution in [0.15, 0.2) is 60.7 Å². The molecule has 0 heterocycles. The molecule has 0 aliphatic rings. The number of Topliss-reactive ketones (excluding diaryl/α,β-unsaturated/α-hetero) is 1. The smallest absolute Gasteiger partial charge is 0.261 e. The molecule has 0 N–H and O–H groups in total. The lowest BCUT2D eigenvalue weighted by Crippen LogP contribution is -2.66. The third-order valence-corrected chi connectivity index (χ3v) is 9.64. The van der Waals surface area contributed by atoms with Gasteiger partial charge in [0.15, 0.2) is 0 Å². The molecule has 0 radical (unpaired) electrons. The highest BCUT2D eigenvalue weighted by Gasteiger charge is 2.50. The Morgan fingerprint density at radius 3 is 1.76 bits per heavy atom. The zero-order valence-electron chi connectivity index (χ0n) is 16.1. The van der Waals surface area contributed by atoms with E-state index < -0.39 is 8.32 Å². The largest absolute Gasteiger partial charge is 0.407 e. The van der Waals surface area contributed by atoms with E-state index in [9.17, 15) is 4.79 Å². The molecular formula is C22H30O2Si. The van der Waals surface area contributed by atoms with Crippen LogP contribution in [0.3, 0.4) is 0 Å². The second kappa shape index (κ2) is 8.11. The van der Waals surface area contributed by atoms with Gasteiger partial charge in [0.05, 0.1) is 0 Å². The van der Waals surface area contributed by atoms with Crippen LogP contribution in [0, 0.1) is 5.92 Å². The molecule has 134 valence electrons. The van der Waals surface area contributed by atoms with Crippen LogP contribution in [0.5, 0.6) is 0 Å². The van der Waals surface area contributed by atoms with Crippen LogP contribution in [-0.4, -0.2) is 20.7 Å². The summed E-state index contributed by atoms with van der Waals surface area (Å²) in [5.74, 6) is 0.442. The van der Waals surface area contributed by atoms with E-state index in [2.05, 4.69) is 88.4 Å². The number of carbonyl (C=O) groups is 1. The predicted molar refractivity (Wildman–Crippen MR) is 108 cm³/mol. The molecule has 0 aliphatic heterocycles. The van der Waals surface area contributed by atoms with Crippen molar-refractivity contribution in [2.45, 2.75) is 46.1 Å². The third kappa shape index (κ3) is 4.47. The number of carbonyl (C=O) groups excluding carboxylic acids is 1. The van der Waals surface area contributed by atoms with Crippen molar-refractivity contribution in [3.63, 3.8) is 0 Å². The van der Waals surface area contributed by atoms with Gasteiger partial charge in [-0.15, -0.1) is 0 Å². The first-order valence-electron chi connectivity index (χ1n) is 9.02. The van der Waals surface area contributed by atoms with Crippen molar-refractivity contribution in [2.24, 2.45) is 5.92 Å². The lowest BCUT2D eigenvalue weighted by molar-refractivity contribution is -0.118. The first-order valence-corrected chi connectivity index (χ1v) is 10.9. The van der Waals surface area contributed by atoms with Gasteiger partial charge in [-0.25, -0.2) is 0 Å². The highest BCUT2D eigenvalue weighted by atomic mass is 28.4. The van der Waals surface area contributed by atoms with Gasteiger partial charge in [-0.3, -0.25) is 0 Å². The third-order valence-electron chi connectivity index (χ3n) is 4.64. The van der Waals surface area contributed by atoms with Gasteiger partial charge in [-0.05, 0) is 28.3 Å². The summed E-state index contributed by atoms with van der Waals surface area (Å²) in [4.78, 5) is 11.5. The second-order valence-corrected chi connectivity index (χ2v) is 12.3. The Kier molecular flexibility index (Phi) is 6.36. The van der Waals surface area contributed by atoms with E-state index in [-0.39, 0.29) is 16.7 Å². The first kappa shape index (κ1) is 19.6. The number of rotatable bonds is 7. The lowest BCUT2D eigenvalue weighted by Gasteiger charge is -2.43. The molecule has 0 saturated carbocycles. The fourth-order valence-corrected chi connectivity index (χ4v) is 8.27. The topological polar surface area (TPSA) is 26.3 Å². The van der Waals surface area contributed by atoms with Crippen LogP contribution in [0.2, 0.25) is 5.04 Å². The number of benzene rings is 2. The zero-order valence-corrected chi connectivity index (χ0v) is 17.1. The molecule has 0 bridgehead atoms. The molecule has 0 amide bonds. The molecule has 2 aromatic carbocycles. The van der Waals surface area contributed by atoms with Crippen molar-refractivity contribution < 1.29 is 9.22 Å². The van der Waals surface area contributed by atoms with Crippen LogP contribution >= 0.6 is 0 Å². The molecule has 25 heavy (non-hydrogen) atoms. The summed E-state index contributed by atoms with van der Waals surface area (Å²) in [5.41, 5.74) is 0. The molecule has 0 unspecified atom stereocenters.